The largest absolute Gasteiger partial charge is 0.478 e. The zero-order valence-electron chi connectivity index (χ0n) is 22.4. The fourth-order valence-corrected chi connectivity index (χ4v) is 5.80. The van der Waals surface area contributed by atoms with Crippen molar-refractivity contribution in [3.8, 4) is 11.1 Å². The number of carboxylic acid groups (broad SMARTS) is 1. The van der Waals surface area contributed by atoms with Gasteiger partial charge in [-0.2, -0.15) is 0 Å². The number of hydrogen-bond acceptors (Lipinski definition) is 3. The van der Waals surface area contributed by atoms with E-state index in [4.69, 9.17) is 5.11 Å². The first kappa shape index (κ1) is 23.5. The number of nitrogens with zero attached hydrogens (tertiary/aromatic N) is 2. The zero-order valence-corrected chi connectivity index (χ0v) is 21.4. The van der Waals surface area contributed by atoms with Crippen LogP contribution in [0, 0.1) is 17.8 Å². The summed E-state index contributed by atoms with van der Waals surface area (Å²) < 4.78 is 9.21. The first-order valence-corrected chi connectivity index (χ1v) is 12.9. The highest BCUT2D eigenvalue weighted by molar-refractivity contribution is 5.96. The van der Waals surface area contributed by atoms with E-state index in [-0.39, 0.29) is 11.8 Å². The highest BCUT2D eigenvalue weighted by Crippen LogP contribution is 2.49. The van der Waals surface area contributed by atoms with Gasteiger partial charge in [-0.3, -0.25) is 4.79 Å². The van der Waals surface area contributed by atoms with E-state index in [0.29, 0.717) is 23.1 Å². The zero-order chi connectivity index (χ0) is 26.8. The Bertz CT molecular complexity index is 1330. The first-order chi connectivity index (χ1) is 18.3. The van der Waals surface area contributed by atoms with Crippen LogP contribution in [-0.2, 0) is 16.1 Å². The Morgan fingerprint density at radius 3 is 2.24 bits per heavy atom. The predicted octanol–water partition coefficient (Wildman–Crippen LogP) is 6.49. The summed E-state index contributed by atoms with van der Waals surface area (Å²) in [6.07, 6.45) is 6.89. The van der Waals surface area contributed by atoms with Crippen molar-refractivity contribution in [2.24, 2.45) is 17.8 Å². The van der Waals surface area contributed by atoms with Gasteiger partial charge in [-0.05, 0) is 83.7 Å². The minimum Gasteiger partial charge on any atom is -0.478 e. The molecule has 0 heterocycles. The average Bonchev–Trinajstić information content (AvgIpc) is 3.57. The van der Waals surface area contributed by atoms with Crippen LogP contribution in [0.4, 0.5) is 11.4 Å². The Labute approximate surface area is 220 Å². The molecule has 0 saturated heterocycles. The van der Waals surface area contributed by atoms with Gasteiger partial charge in [-0.1, -0.05) is 55.0 Å². The van der Waals surface area contributed by atoms with E-state index < -0.39 is 12.5 Å². The van der Waals surface area contributed by atoms with Gasteiger partial charge in [-0.15, -0.1) is 0 Å². The highest BCUT2D eigenvalue weighted by Gasteiger charge is 2.44. The number of carboxylic acids is 1. The molecule has 5 rings (SSSR count). The first-order valence-electron chi connectivity index (χ1n) is 13.5. The van der Waals surface area contributed by atoms with Gasteiger partial charge >= 0.3 is 5.97 Å². The minimum absolute atomic E-state index is 0.0000788. The summed E-state index contributed by atoms with van der Waals surface area (Å²) in [6, 6.07) is 23.5. The van der Waals surface area contributed by atoms with E-state index in [1.807, 2.05) is 50.5 Å². The van der Waals surface area contributed by atoms with Crippen LogP contribution in [-0.4, -0.2) is 31.1 Å². The molecular weight excluding hydrogens is 460 g/mol. The van der Waals surface area contributed by atoms with Crippen LogP contribution in [0.1, 0.15) is 38.2 Å². The van der Waals surface area contributed by atoms with E-state index in [1.165, 1.54) is 12.5 Å². The molecule has 0 radical (unpaired) electrons. The third-order valence-electron chi connectivity index (χ3n) is 7.77. The smallest absolute Gasteiger partial charge is 0.328 e. The molecule has 190 valence electrons. The summed E-state index contributed by atoms with van der Waals surface area (Å²) in [4.78, 5) is 28.7. The van der Waals surface area contributed by atoms with Gasteiger partial charge in [0.25, 0.3) is 0 Å². The summed E-state index contributed by atoms with van der Waals surface area (Å²) >= 11 is 0. The van der Waals surface area contributed by atoms with Crippen molar-refractivity contribution in [1.82, 2.24) is 0 Å². The van der Waals surface area contributed by atoms with Crippen molar-refractivity contribution in [2.45, 2.75) is 32.2 Å². The maximum absolute atomic E-state index is 14.0. The highest BCUT2D eigenvalue weighted by atomic mass is 16.4. The molecule has 37 heavy (non-hydrogen) atoms. The third kappa shape index (κ3) is 5.61. The lowest BCUT2D eigenvalue weighted by Gasteiger charge is -2.30. The molecule has 2 aliphatic rings. The number of amides is 1. The molecule has 3 aromatic carbocycles. The van der Waals surface area contributed by atoms with Gasteiger partial charge in [0.15, 0.2) is 0 Å². The van der Waals surface area contributed by atoms with Gasteiger partial charge in [0.2, 0.25) is 5.91 Å². The van der Waals surface area contributed by atoms with E-state index in [0.717, 1.165) is 47.7 Å². The van der Waals surface area contributed by atoms with Gasteiger partial charge in [-0.25, -0.2) is 4.79 Å². The average molecular weight is 496 g/mol. The number of aliphatic carboxylic acids is 1. The van der Waals surface area contributed by atoms with E-state index in [2.05, 4.69) is 29.2 Å². The van der Waals surface area contributed by atoms with Gasteiger partial charge < -0.3 is 14.9 Å². The number of carbonyl (C=O) groups excluding carboxylic acids is 1. The maximum Gasteiger partial charge on any atom is 0.328 e. The molecule has 5 nitrogen and oxygen atoms in total. The molecule has 1 unspecified atom stereocenters. The van der Waals surface area contributed by atoms with Crippen molar-refractivity contribution in [2.75, 3.05) is 23.9 Å². The topological polar surface area (TPSA) is 60.9 Å². The third-order valence-corrected chi connectivity index (χ3v) is 7.77. The van der Waals surface area contributed by atoms with Crippen molar-refractivity contribution in [1.29, 1.82) is 0 Å². The van der Waals surface area contributed by atoms with E-state index in [1.54, 1.807) is 17.0 Å². The van der Waals surface area contributed by atoms with E-state index in [9.17, 15) is 11.0 Å². The summed E-state index contributed by atoms with van der Waals surface area (Å²) in [7, 11) is 4.03. The molecule has 0 spiro atoms. The van der Waals surface area contributed by atoms with Crippen molar-refractivity contribution >= 4 is 29.3 Å². The normalized spacial score (nSPS) is 21.6. The second-order valence-corrected chi connectivity index (χ2v) is 10.4. The maximum atomic E-state index is 14.0. The molecule has 2 aliphatic carbocycles. The van der Waals surface area contributed by atoms with Crippen LogP contribution in [0.5, 0.6) is 0 Å². The number of hydrogen-bond donors (Lipinski definition) is 1. The molecule has 2 bridgehead atoms. The molecule has 4 atom stereocenters. The molecule has 2 saturated carbocycles. The van der Waals surface area contributed by atoms with Crippen LogP contribution in [0.2, 0.25) is 0 Å². The van der Waals surface area contributed by atoms with Gasteiger partial charge in [0.05, 0.1) is 7.89 Å². The van der Waals surface area contributed by atoms with Crippen LogP contribution >= 0.6 is 0 Å². The summed E-state index contributed by atoms with van der Waals surface area (Å²) in [5, 5.41) is 9.04. The molecule has 0 aliphatic heterocycles. The lowest BCUT2D eigenvalue weighted by molar-refractivity contribution is -0.131. The van der Waals surface area contributed by atoms with Crippen molar-refractivity contribution in [3.63, 3.8) is 0 Å². The van der Waals surface area contributed by atoms with Crippen molar-refractivity contribution in [3.05, 3.63) is 90.0 Å². The summed E-state index contributed by atoms with van der Waals surface area (Å²) in [6.45, 7) is -0.912. The Morgan fingerprint density at radius 1 is 0.946 bits per heavy atom. The summed E-state index contributed by atoms with van der Waals surface area (Å²) in [5.74, 6) is -0.0814. The SMILES string of the molecule is [2H]C(c1ccc(-c2ccc(N(C)C)cc2)cc1)N(C(=O)[C@@H]1C[C@@H]2CC[C@H]1C2)c1cccc(/C=C/C(=O)O)c1. The van der Waals surface area contributed by atoms with Crippen molar-refractivity contribution < 1.29 is 16.1 Å². The molecule has 5 heteroatoms. The van der Waals surface area contributed by atoms with Crippen LogP contribution in [0.15, 0.2) is 78.9 Å². The standard InChI is InChI=1S/C32H34N2O3/c1-33(2)28-15-13-26(14-16-28)25-10-6-23(7-11-25)21-34(32(37)30-20-24-8-12-27(30)18-24)29-5-3-4-22(19-29)9-17-31(35)36/h3-7,9-11,13-17,19,24,27,30H,8,12,18,20-21H2,1-2H3,(H,35,36)/b17-9+/t24-,27+,30-/m1/s1/i21D/t21?,24-,27+,30-. The molecule has 1 N–H and O–H groups in total. The number of rotatable bonds is 8. The Kier molecular flexibility index (Phi) is 6.76. The second kappa shape index (κ2) is 10.6. The van der Waals surface area contributed by atoms with Gasteiger partial charge in [0.1, 0.15) is 0 Å². The lowest BCUT2D eigenvalue weighted by atomic mass is 9.87. The Morgan fingerprint density at radius 2 is 1.65 bits per heavy atom. The van der Waals surface area contributed by atoms with Crippen LogP contribution in [0.25, 0.3) is 17.2 Å². The molecule has 2 fully saturated rings. The molecular formula is C32H34N2O3. The molecule has 0 aromatic heterocycles. The van der Waals surface area contributed by atoms with Crippen LogP contribution < -0.4 is 9.80 Å². The quantitative estimate of drug-likeness (QED) is 0.363. The molecule has 1 amide bonds. The number of anilines is 2. The Balaban J connectivity index is 1.45. The van der Waals surface area contributed by atoms with E-state index >= 15 is 0 Å². The monoisotopic (exact) mass is 495 g/mol. The number of fused-ring (bicyclic) bond motifs is 2. The lowest BCUT2D eigenvalue weighted by Crippen LogP contribution is -2.38. The minimum atomic E-state index is -1.03. The fourth-order valence-electron chi connectivity index (χ4n) is 5.80. The van der Waals surface area contributed by atoms with Crippen LogP contribution in [0.3, 0.4) is 0 Å². The fraction of sp³-hybridized carbons (Fsp3) is 0.312. The van der Waals surface area contributed by atoms with Gasteiger partial charge in [0, 0.05) is 37.5 Å². The predicted molar refractivity (Wildman–Crippen MR) is 149 cm³/mol. The number of carbonyl (C=O) groups is 2. The number of benzene rings is 3. The molecule has 3 aromatic rings. The summed E-state index contributed by atoms with van der Waals surface area (Å²) in [5.41, 5.74) is 5.32. The second-order valence-electron chi connectivity index (χ2n) is 10.4. The Hall–Kier alpha value is -3.86.